The van der Waals surface area contributed by atoms with Crippen LogP contribution < -0.4 is 10.6 Å². The van der Waals surface area contributed by atoms with E-state index in [9.17, 15) is 14.9 Å². The maximum atomic E-state index is 12.5. The minimum atomic E-state index is -0.478. The number of rotatable bonds is 3. The zero-order chi connectivity index (χ0) is 20.0. The number of non-ortho nitro benzene ring substituents is 1. The van der Waals surface area contributed by atoms with Crippen molar-refractivity contribution in [1.29, 1.82) is 0 Å². The molecule has 0 radical (unpaired) electrons. The average molecular weight is 381 g/mol. The monoisotopic (exact) mass is 381 g/mol. The molecule has 0 aliphatic carbocycles. The van der Waals surface area contributed by atoms with Crippen LogP contribution in [0.1, 0.15) is 0 Å². The molecule has 6 heteroatoms. The van der Waals surface area contributed by atoms with Gasteiger partial charge in [-0.1, -0.05) is 48.5 Å². The van der Waals surface area contributed by atoms with Crippen LogP contribution in [0.2, 0.25) is 0 Å². The Morgan fingerprint density at radius 2 is 1.34 bits per heavy atom. The first-order valence-electron chi connectivity index (χ1n) is 9.09. The van der Waals surface area contributed by atoms with E-state index in [-0.39, 0.29) is 5.69 Å². The van der Waals surface area contributed by atoms with Gasteiger partial charge >= 0.3 is 6.03 Å². The summed E-state index contributed by atoms with van der Waals surface area (Å²) in [4.78, 5) is 22.8. The standard InChI is InChI=1S/C23H15N3O3/c27-23(24-17-8-10-18(11-9-17)26(28)29)25-20-13-7-16-5-4-14-2-1-3-15-6-12-19(20)22(16)21(14)15/h1-13H,(H2,24,25,27). The number of nitro groups is 1. The first-order chi connectivity index (χ1) is 14.1. The van der Waals surface area contributed by atoms with Gasteiger partial charge in [0.2, 0.25) is 0 Å². The zero-order valence-corrected chi connectivity index (χ0v) is 15.2. The van der Waals surface area contributed by atoms with E-state index in [0.29, 0.717) is 11.4 Å². The quantitative estimate of drug-likeness (QED) is 0.224. The molecule has 0 atom stereocenters. The summed E-state index contributed by atoms with van der Waals surface area (Å²) in [6.07, 6.45) is 0. The predicted molar refractivity (Wildman–Crippen MR) is 116 cm³/mol. The maximum Gasteiger partial charge on any atom is 0.323 e. The van der Waals surface area contributed by atoms with Gasteiger partial charge in [0.15, 0.2) is 0 Å². The molecule has 0 saturated carbocycles. The van der Waals surface area contributed by atoms with Crippen LogP contribution in [-0.4, -0.2) is 11.0 Å². The molecular weight excluding hydrogens is 366 g/mol. The van der Waals surface area contributed by atoms with Crippen LogP contribution in [0.4, 0.5) is 21.9 Å². The molecule has 2 amide bonds. The van der Waals surface area contributed by atoms with Crippen LogP contribution in [0.25, 0.3) is 32.3 Å². The van der Waals surface area contributed by atoms with E-state index < -0.39 is 11.0 Å². The lowest BCUT2D eigenvalue weighted by atomic mass is 9.93. The molecule has 0 aliphatic heterocycles. The number of hydrogen-bond acceptors (Lipinski definition) is 3. The summed E-state index contributed by atoms with van der Waals surface area (Å²) in [5.41, 5.74) is 1.16. The van der Waals surface area contributed by atoms with E-state index in [2.05, 4.69) is 41.0 Å². The molecule has 0 heterocycles. The average Bonchev–Trinajstić information content (AvgIpc) is 2.73. The molecule has 6 nitrogen and oxygen atoms in total. The Hall–Kier alpha value is -4.19. The van der Waals surface area contributed by atoms with E-state index in [1.165, 1.54) is 29.7 Å². The van der Waals surface area contributed by atoms with Crippen molar-refractivity contribution in [1.82, 2.24) is 0 Å². The highest BCUT2D eigenvalue weighted by Gasteiger charge is 2.12. The largest absolute Gasteiger partial charge is 0.323 e. The van der Waals surface area contributed by atoms with Crippen molar-refractivity contribution in [2.45, 2.75) is 0 Å². The number of amides is 2. The molecule has 0 bridgehead atoms. The summed E-state index contributed by atoms with van der Waals surface area (Å²) in [6.45, 7) is 0. The van der Waals surface area contributed by atoms with Crippen molar-refractivity contribution < 1.29 is 9.72 Å². The number of benzene rings is 5. The predicted octanol–water partition coefficient (Wildman–Crippen LogP) is 6.14. The lowest BCUT2D eigenvalue weighted by Crippen LogP contribution is -2.19. The molecule has 5 aromatic carbocycles. The number of anilines is 2. The summed E-state index contributed by atoms with van der Waals surface area (Å²) >= 11 is 0. The number of hydrogen-bond donors (Lipinski definition) is 2. The van der Waals surface area contributed by atoms with E-state index >= 15 is 0 Å². The molecule has 2 N–H and O–H groups in total. The smallest absolute Gasteiger partial charge is 0.308 e. The molecule has 0 unspecified atom stereocenters. The Labute approximate surface area is 165 Å². The molecule has 5 aromatic rings. The van der Waals surface area contributed by atoms with Crippen molar-refractivity contribution in [3.63, 3.8) is 0 Å². The van der Waals surface area contributed by atoms with Crippen molar-refractivity contribution in [2.24, 2.45) is 0 Å². The SMILES string of the molecule is O=C(Nc1ccc([N+](=O)[O-])cc1)Nc1ccc2ccc3cccc4ccc1c2c34. The van der Waals surface area contributed by atoms with Gasteiger partial charge in [0.25, 0.3) is 5.69 Å². The third-order valence-electron chi connectivity index (χ3n) is 5.11. The van der Waals surface area contributed by atoms with Crippen LogP contribution in [0.15, 0.2) is 78.9 Å². The Bertz CT molecular complexity index is 1380. The summed E-state index contributed by atoms with van der Waals surface area (Å²) in [5, 5.41) is 23.1. The van der Waals surface area contributed by atoms with E-state index in [1.54, 1.807) is 0 Å². The highest BCUT2D eigenvalue weighted by molar-refractivity contribution is 6.26. The molecule has 29 heavy (non-hydrogen) atoms. The lowest BCUT2D eigenvalue weighted by molar-refractivity contribution is -0.384. The van der Waals surface area contributed by atoms with Crippen LogP contribution >= 0.6 is 0 Å². The molecule has 0 saturated heterocycles. The Kier molecular flexibility index (Phi) is 3.77. The highest BCUT2D eigenvalue weighted by Crippen LogP contribution is 2.37. The Morgan fingerprint density at radius 1 is 0.724 bits per heavy atom. The minimum absolute atomic E-state index is 0.0252. The number of nitrogens with zero attached hydrogens (tertiary/aromatic N) is 1. The van der Waals surface area contributed by atoms with Gasteiger partial charge in [0, 0.05) is 23.2 Å². The third-order valence-corrected chi connectivity index (χ3v) is 5.11. The van der Waals surface area contributed by atoms with Gasteiger partial charge in [0.1, 0.15) is 0 Å². The van der Waals surface area contributed by atoms with Crippen molar-refractivity contribution in [2.75, 3.05) is 10.6 Å². The fraction of sp³-hybridized carbons (Fsp3) is 0. The fourth-order valence-corrected chi connectivity index (χ4v) is 3.80. The van der Waals surface area contributed by atoms with Gasteiger partial charge in [-0.05, 0) is 45.1 Å². The second kappa shape index (κ2) is 6.45. The molecule has 0 aromatic heterocycles. The molecule has 0 fully saturated rings. The van der Waals surface area contributed by atoms with Gasteiger partial charge in [-0.3, -0.25) is 10.1 Å². The van der Waals surface area contributed by atoms with Crippen molar-refractivity contribution in [3.8, 4) is 0 Å². The topological polar surface area (TPSA) is 84.3 Å². The second-order valence-corrected chi connectivity index (χ2v) is 6.85. The molecule has 0 spiro atoms. The second-order valence-electron chi connectivity index (χ2n) is 6.85. The normalized spacial score (nSPS) is 11.2. The Morgan fingerprint density at radius 3 is 2.03 bits per heavy atom. The van der Waals surface area contributed by atoms with Crippen molar-refractivity contribution >= 4 is 55.4 Å². The van der Waals surface area contributed by atoms with Gasteiger partial charge in [-0.2, -0.15) is 0 Å². The van der Waals surface area contributed by atoms with Gasteiger partial charge in [-0.25, -0.2) is 4.79 Å². The van der Waals surface area contributed by atoms with E-state index in [1.807, 2.05) is 24.3 Å². The number of nitro benzene ring substituents is 1. The zero-order valence-electron chi connectivity index (χ0n) is 15.2. The molecule has 0 aliphatic rings. The fourth-order valence-electron chi connectivity index (χ4n) is 3.80. The summed E-state index contributed by atoms with van der Waals surface area (Å²) in [5.74, 6) is 0. The lowest BCUT2D eigenvalue weighted by Gasteiger charge is -2.15. The number of urea groups is 1. The van der Waals surface area contributed by atoms with Crippen LogP contribution in [-0.2, 0) is 0 Å². The van der Waals surface area contributed by atoms with E-state index in [4.69, 9.17) is 0 Å². The van der Waals surface area contributed by atoms with Crippen LogP contribution in [0.5, 0.6) is 0 Å². The summed E-state index contributed by atoms with van der Waals surface area (Å²) in [6, 6.07) is 23.7. The Balaban J connectivity index is 1.50. The number of carbonyl (C=O) groups is 1. The van der Waals surface area contributed by atoms with Crippen molar-refractivity contribution in [3.05, 3.63) is 89.0 Å². The number of carbonyl (C=O) groups excluding carboxylic acids is 1. The molecule has 5 rings (SSSR count). The van der Waals surface area contributed by atoms with Crippen LogP contribution in [0.3, 0.4) is 0 Å². The molecule has 140 valence electrons. The summed E-state index contributed by atoms with van der Waals surface area (Å²) in [7, 11) is 0. The molecular formula is C23H15N3O3. The van der Waals surface area contributed by atoms with E-state index in [0.717, 1.165) is 26.9 Å². The first kappa shape index (κ1) is 16.9. The number of nitrogens with one attached hydrogen (secondary N) is 2. The van der Waals surface area contributed by atoms with Gasteiger partial charge < -0.3 is 10.6 Å². The third kappa shape index (κ3) is 2.87. The van der Waals surface area contributed by atoms with Gasteiger partial charge in [-0.15, -0.1) is 0 Å². The van der Waals surface area contributed by atoms with Gasteiger partial charge in [0.05, 0.1) is 10.6 Å². The minimum Gasteiger partial charge on any atom is -0.308 e. The maximum absolute atomic E-state index is 12.5. The highest BCUT2D eigenvalue weighted by atomic mass is 16.6. The van der Waals surface area contributed by atoms with Crippen LogP contribution in [0, 0.1) is 10.1 Å². The first-order valence-corrected chi connectivity index (χ1v) is 9.09. The summed E-state index contributed by atoms with van der Waals surface area (Å²) < 4.78 is 0.